The van der Waals surface area contributed by atoms with Crippen LogP contribution in [-0.2, 0) is 4.74 Å². The standard InChI is InChI=1S/C21H29N5O2/c1-15-23-6-7-26(15)19-10-16-13-25(18-2-8-27-9-3-18)14-17(16)11-20(19)28-21-12-22-4-5-24-21/h4-7,12,16-20H,2-3,8-11,13-14H2,1H3/t16-,17+,19-,20-/m0/s1. The van der Waals surface area contributed by atoms with Crippen molar-refractivity contribution in [1.29, 1.82) is 0 Å². The molecule has 0 unspecified atom stereocenters. The molecule has 4 heterocycles. The molecule has 7 heteroatoms. The third-order valence-electron chi connectivity index (χ3n) is 6.85. The second-order valence-corrected chi connectivity index (χ2v) is 8.44. The number of aryl methyl sites for hydroxylation is 1. The highest BCUT2D eigenvalue weighted by atomic mass is 16.5. The molecule has 28 heavy (non-hydrogen) atoms. The lowest BCUT2D eigenvalue weighted by Gasteiger charge is -2.38. The van der Waals surface area contributed by atoms with Crippen LogP contribution in [0.2, 0.25) is 0 Å². The molecule has 0 amide bonds. The van der Waals surface area contributed by atoms with Crippen LogP contribution in [0.4, 0.5) is 0 Å². The molecular weight excluding hydrogens is 354 g/mol. The van der Waals surface area contributed by atoms with Gasteiger partial charge in [-0.15, -0.1) is 0 Å². The number of rotatable bonds is 4. The Bertz CT molecular complexity index is 776. The molecule has 2 aromatic heterocycles. The van der Waals surface area contributed by atoms with Crippen molar-refractivity contribution >= 4 is 0 Å². The van der Waals surface area contributed by atoms with Crippen molar-refractivity contribution in [2.75, 3.05) is 26.3 Å². The summed E-state index contributed by atoms with van der Waals surface area (Å²) in [4.78, 5) is 15.7. The summed E-state index contributed by atoms with van der Waals surface area (Å²) in [6.45, 7) is 6.29. The zero-order valence-electron chi connectivity index (χ0n) is 16.5. The number of hydrogen-bond donors (Lipinski definition) is 0. The minimum absolute atomic E-state index is 0.0977. The topological polar surface area (TPSA) is 65.3 Å². The van der Waals surface area contributed by atoms with Gasteiger partial charge in [0, 0.05) is 57.1 Å². The second kappa shape index (κ2) is 7.79. The van der Waals surface area contributed by atoms with Crippen molar-refractivity contribution in [3.05, 3.63) is 36.8 Å². The van der Waals surface area contributed by atoms with E-state index in [9.17, 15) is 0 Å². The zero-order valence-corrected chi connectivity index (χ0v) is 16.5. The Morgan fingerprint density at radius 2 is 1.86 bits per heavy atom. The number of ether oxygens (including phenoxy) is 2. The van der Waals surface area contributed by atoms with Gasteiger partial charge in [-0.25, -0.2) is 9.97 Å². The van der Waals surface area contributed by atoms with Gasteiger partial charge in [-0.1, -0.05) is 0 Å². The van der Waals surface area contributed by atoms with Crippen LogP contribution in [0.5, 0.6) is 5.88 Å². The van der Waals surface area contributed by atoms with Crippen LogP contribution in [0, 0.1) is 18.8 Å². The molecule has 0 spiro atoms. The Morgan fingerprint density at radius 3 is 2.57 bits per heavy atom. The van der Waals surface area contributed by atoms with Gasteiger partial charge in [0.1, 0.15) is 11.9 Å². The first-order chi connectivity index (χ1) is 13.8. The van der Waals surface area contributed by atoms with Crippen molar-refractivity contribution in [1.82, 2.24) is 24.4 Å². The summed E-state index contributed by atoms with van der Waals surface area (Å²) < 4.78 is 14.2. The van der Waals surface area contributed by atoms with E-state index >= 15 is 0 Å². The van der Waals surface area contributed by atoms with Crippen LogP contribution in [0.15, 0.2) is 31.0 Å². The predicted octanol–water partition coefficient (Wildman–Crippen LogP) is 2.49. The van der Waals surface area contributed by atoms with Crippen LogP contribution < -0.4 is 4.74 Å². The van der Waals surface area contributed by atoms with Crippen LogP contribution >= 0.6 is 0 Å². The van der Waals surface area contributed by atoms with E-state index in [1.807, 2.05) is 6.20 Å². The van der Waals surface area contributed by atoms with Crippen LogP contribution in [0.3, 0.4) is 0 Å². The van der Waals surface area contributed by atoms with E-state index in [2.05, 4.69) is 37.5 Å². The quantitative estimate of drug-likeness (QED) is 0.808. The number of imidazole rings is 1. The Hall–Kier alpha value is -1.99. The Kier molecular flexibility index (Phi) is 5.03. The minimum atomic E-state index is 0.0977. The highest BCUT2D eigenvalue weighted by molar-refractivity contribution is 5.07. The van der Waals surface area contributed by atoms with Gasteiger partial charge in [-0.05, 0) is 44.4 Å². The Labute approximate surface area is 166 Å². The molecule has 5 rings (SSSR count). The molecular formula is C21H29N5O2. The van der Waals surface area contributed by atoms with E-state index in [0.29, 0.717) is 23.9 Å². The molecule has 3 aliphatic rings. The van der Waals surface area contributed by atoms with E-state index < -0.39 is 0 Å². The van der Waals surface area contributed by atoms with E-state index in [4.69, 9.17) is 9.47 Å². The minimum Gasteiger partial charge on any atom is -0.471 e. The lowest BCUT2D eigenvalue weighted by molar-refractivity contribution is 0.0401. The van der Waals surface area contributed by atoms with Gasteiger partial charge in [-0.2, -0.15) is 0 Å². The van der Waals surface area contributed by atoms with Gasteiger partial charge in [0.05, 0.1) is 12.2 Å². The SMILES string of the molecule is Cc1nccn1[C@H]1C[C@H]2CN(C3CCOCC3)C[C@H]2C[C@@H]1Oc1cnccn1. The van der Waals surface area contributed by atoms with Crippen LogP contribution in [0.25, 0.3) is 0 Å². The summed E-state index contributed by atoms with van der Waals surface area (Å²) in [5.74, 6) is 3.07. The normalized spacial score (nSPS) is 31.6. The number of aromatic nitrogens is 4. The maximum absolute atomic E-state index is 6.37. The van der Waals surface area contributed by atoms with Crippen molar-refractivity contribution < 1.29 is 9.47 Å². The van der Waals surface area contributed by atoms with E-state index in [1.165, 1.54) is 25.9 Å². The summed E-state index contributed by atoms with van der Waals surface area (Å²) >= 11 is 0. The Balaban J connectivity index is 1.36. The molecule has 2 aromatic rings. The van der Waals surface area contributed by atoms with E-state index in [0.717, 1.165) is 37.8 Å². The van der Waals surface area contributed by atoms with Gasteiger partial charge >= 0.3 is 0 Å². The zero-order chi connectivity index (χ0) is 18.9. The summed E-state index contributed by atoms with van der Waals surface area (Å²) in [6, 6.07) is 0.979. The fraction of sp³-hybridized carbons (Fsp3) is 0.667. The summed E-state index contributed by atoms with van der Waals surface area (Å²) in [7, 11) is 0. The maximum Gasteiger partial charge on any atom is 0.232 e. The van der Waals surface area contributed by atoms with Gasteiger partial charge < -0.3 is 14.0 Å². The van der Waals surface area contributed by atoms with Crippen LogP contribution in [-0.4, -0.2) is 62.9 Å². The predicted molar refractivity (Wildman–Crippen MR) is 104 cm³/mol. The number of fused-ring (bicyclic) bond motifs is 1. The molecule has 3 fully saturated rings. The molecule has 2 aliphatic heterocycles. The lowest BCUT2D eigenvalue weighted by atomic mass is 9.77. The molecule has 0 N–H and O–H groups in total. The van der Waals surface area contributed by atoms with Gasteiger partial charge in [-0.3, -0.25) is 9.88 Å². The summed E-state index contributed by atoms with van der Waals surface area (Å²) in [5.41, 5.74) is 0. The van der Waals surface area contributed by atoms with Gasteiger partial charge in [0.2, 0.25) is 5.88 Å². The molecule has 1 saturated carbocycles. The first-order valence-electron chi connectivity index (χ1n) is 10.5. The molecule has 1 aliphatic carbocycles. The number of nitrogens with zero attached hydrogens (tertiary/aromatic N) is 5. The third kappa shape index (κ3) is 3.53. The molecule has 0 radical (unpaired) electrons. The van der Waals surface area contributed by atoms with E-state index in [-0.39, 0.29) is 6.10 Å². The van der Waals surface area contributed by atoms with Crippen LogP contribution in [0.1, 0.15) is 37.5 Å². The van der Waals surface area contributed by atoms with Crippen molar-refractivity contribution in [3.63, 3.8) is 0 Å². The lowest BCUT2D eigenvalue weighted by Crippen LogP contribution is -2.40. The largest absolute Gasteiger partial charge is 0.471 e. The average molecular weight is 383 g/mol. The second-order valence-electron chi connectivity index (χ2n) is 8.44. The first kappa shape index (κ1) is 18.1. The third-order valence-corrected chi connectivity index (χ3v) is 6.85. The van der Waals surface area contributed by atoms with E-state index in [1.54, 1.807) is 18.6 Å². The van der Waals surface area contributed by atoms with Crippen molar-refractivity contribution in [2.45, 2.75) is 50.8 Å². The smallest absolute Gasteiger partial charge is 0.232 e. The molecule has 4 atom stereocenters. The number of hydrogen-bond acceptors (Lipinski definition) is 6. The summed E-state index contributed by atoms with van der Waals surface area (Å²) in [6.07, 6.45) is 13.7. The maximum atomic E-state index is 6.37. The highest BCUT2D eigenvalue weighted by Gasteiger charge is 2.45. The fourth-order valence-corrected chi connectivity index (χ4v) is 5.43. The summed E-state index contributed by atoms with van der Waals surface area (Å²) in [5, 5.41) is 0. The van der Waals surface area contributed by atoms with Gasteiger partial charge in [0.15, 0.2) is 0 Å². The monoisotopic (exact) mass is 383 g/mol. The van der Waals surface area contributed by atoms with Gasteiger partial charge in [0.25, 0.3) is 0 Å². The molecule has 0 bridgehead atoms. The average Bonchev–Trinajstić information content (AvgIpc) is 3.34. The molecule has 2 saturated heterocycles. The highest BCUT2D eigenvalue weighted by Crippen LogP contribution is 2.44. The molecule has 150 valence electrons. The first-order valence-corrected chi connectivity index (χ1v) is 10.5. The van der Waals surface area contributed by atoms with Crippen molar-refractivity contribution in [2.24, 2.45) is 11.8 Å². The van der Waals surface area contributed by atoms with Crippen molar-refractivity contribution in [3.8, 4) is 5.88 Å². The fourth-order valence-electron chi connectivity index (χ4n) is 5.43. The molecule has 7 nitrogen and oxygen atoms in total. The molecule has 0 aromatic carbocycles. The number of likely N-dealkylation sites (tertiary alicyclic amines) is 1. The Morgan fingerprint density at radius 1 is 1.04 bits per heavy atom.